The highest BCUT2D eigenvalue weighted by atomic mass is 32.1. The Bertz CT molecular complexity index is 1130. The smallest absolute Gasteiger partial charge is 0.340 e. The van der Waals surface area contributed by atoms with Crippen LogP contribution in [0.15, 0.2) is 40.6 Å². The summed E-state index contributed by atoms with van der Waals surface area (Å²) < 4.78 is 20.0. The fourth-order valence-electron chi connectivity index (χ4n) is 3.72. The van der Waals surface area contributed by atoms with E-state index in [1.807, 2.05) is 5.38 Å². The molecule has 3 heterocycles. The van der Waals surface area contributed by atoms with Crippen molar-refractivity contribution in [3.63, 3.8) is 0 Å². The van der Waals surface area contributed by atoms with Crippen molar-refractivity contribution in [3.05, 3.63) is 68.8 Å². The quantitative estimate of drug-likeness (QED) is 0.474. The molecule has 10 heteroatoms. The van der Waals surface area contributed by atoms with Crippen molar-refractivity contribution in [1.29, 1.82) is 0 Å². The Morgan fingerprint density at radius 2 is 2.19 bits per heavy atom. The predicted molar refractivity (Wildman–Crippen MR) is 113 cm³/mol. The van der Waals surface area contributed by atoms with Crippen LogP contribution < -0.4 is 5.56 Å². The number of nitrogens with zero attached hydrogens (tertiary/aromatic N) is 3. The molecule has 0 spiro atoms. The number of likely N-dealkylation sites (tertiary alicyclic amines) is 1. The van der Waals surface area contributed by atoms with Crippen LogP contribution in [0.25, 0.3) is 4.96 Å². The van der Waals surface area contributed by atoms with Gasteiger partial charge < -0.3 is 9.84 Å². The number of carbonyl (C=O) groups is 2. The van der Waals surface area contributed by atoms with Crippen molar-refractivity contribution in [2.45, 2.75) is 19.4 Å². The summed E-state index contributed by atoms with van der Waals surface area (Å²) in [6.45, 7) is 2.18. The van der Waals surface area contributed by atoms with Gasteiger partial charge in [-0.2, -0.15) is 0 Å². The number of methoxy groups -OCH3 is 1. The number of carbonyl (C=O) groups excluding carboxylic acids is 1. The van der Waals surface area contributed by atoms with Crippen LogP contribution in [-0.2, 0) is 22.5 Å². The molecule has 1 aliphatic heterocycles. The third-order valence-corrected chi connectivity index (χ3v) is 5.83. The van der Waals surface area contributed by atoms with Crippen molar-refractivity contribution < 1.29 is 23.8 Å². The molecule has 0 radical (unpaired) electrons. The van der Waals surface area contributed by atoms with Gasteiger partial charge in [0.25, 0.3) is 12.0 Å². The molecule has 1 fully saturated rings. The number of ether oxygens (including phenoxy) is 1. The first-order valence-electron chi connectivity index (χ1n) is 9.58. The third-order valence-electron chi connectivity index (χ3n) is 5.07. The lowest BCUT2D eigenvalue weighted by molar-refractivity contribution is -0.122. The number of esters is 1. The Morgan fingerprint density at radius 3 is 2.94 bits per heavy atom. The molecule has 164 valence electrons. The van der Waals surface area contributed by atoms with E-state index in [1.165, 1.54) is 24.5 Å². The summed E-state index contributed by atoms with van der Waals surface area (Å²) in [5, 5.41) is 8.74. The second kappa shape index (κ2) is 10.3. The SMILES string of the molecule is COC(=O)c1cc(CC2CCN(Cc3cc(=O)n4ccsc4n3)C2)ccc1F.O=CO. The second-order valence-corrected chi connectivity index (χ2v) is 8.02. The second-order valence-electron chi connectivity index (χ2n) is 7.15. The molecule has 0 amide bonds. The molecular formula is C21H22FN3O5S. The predicted octanol–water partition coefficient (Wildman–Crippen LogP) is 2.45. The molecule has 2 aromatic heterocycles. The molecule has 0 aliphatic carbocycles. The molecule has 1 N–H and O–H groups in total. The number of fused-ring (bicyclic) bond motifs is 1. The van der Waals surface area contributed by atoms with Gasteiger partial charge in [-0.1, -0.05) is 6.07 Å². The van der Waals surface area contributed by atoms with Gasteiger partial charge in [0.15, 0.2) is 4.96 Å². The molecule has 3 aromatic rings. The van der Waals surface area contributed by atoms with Gasteiger partial charge in [0.1, 0.15) is 5.82 Å². The summed E-state index contributed by atoms with van der Waals surface area (Å²) in [6, 6.07) is 6.21. The number of hydrogen-bond donors (Lipinski definition) is 1. The van der Waals surface area contributed by atoms with Crippen molar-refractivity contribution in [1.82, 2.24) is 14.3 Å². The van der Waals surface area contributed by atoms with E-state index in [4.69, 9.17) is 9.90 Å². The Labute approximate surface area is 181 Å². The van der Waals surface area contributed by atoms with Crippen LogP contribution in [0.5, 0.6) is 0 Å². The van der Waals surface area contributed by atoms with Crippen LogP contribution >= 0.6 is 11.3 Å². The Hall–Kier alpha value is -3.11. The van der Waals surface area contributed by atoms with Crippen LogP contribution in [0.3, 0.4) is 0 Å². The fourth-order valence-corrected chi connectivity index (χ4v) is 4.46. The van der Waals surface area contributed by atoms with Gasteiger partial charge in [-0.25, -0.2) is 14.2 Å². The molecule has 1 unspecified atom stereocenters. The summed E-state index contributed by atoms with van der Waals surface area (Å²) in [4.78, 5) is 39.7. The molecule has 4 rings (SSSR count). The first-order valence-corrected chi connectivity index (χ1v) is 10.5. The minimum Gasteiger partial charge on any atom is -0.483 e. The van der Waals surface area contributed by atoms with Crippen molar-refractivity contribution in [2.75, 3.05) is 20.2 Å². The normalized spacial score (nSPS) is 16.0. The Kier molecular flexibility index (Phi) is 7.48. The van der Waals surface area contributed by atoms with Gasteiger partial charge in [-0.05, 0) is 43.0 Å². The van der Waals surface area contributed by atoms with Crippen LogP contribution in [0.2, 0.25) is 0 Å². The Morgan fingerprint density at radius 1 is 1.42 bits per heavy atom. The highest BCUT2D eigenvalue weighted by molar-refractivity contribution is 7.15. The average Bonchev–Trinajstić information content (AvgIpc) is 3.39. The monoisotopic (exact) mass is 447 g/mol. The summed E-state index contributed by atoms with van der Waals surface area (Å²) in [5.41, 5.74) is 1.62. The lowest BCUT2D eigenvalue weighted by Crippen LogP contribution is -2.23. The molecule has 31 heavy (non-hydrogen) atoms. The maximum atomic E-state index is 13.8. The molecule has 1 aromatic carbocycles. The molecule has 1 atom stereocenters. The molecule has 1 saturated heterocycles. The maximum absolute atomic E-state index is 13.8. The van der Waals surface area contributed by atoms with Gasteiger partial charge >= 0.3 is 5.97 Å². The first-order chi connectivity index (χ1) is 14.9. The van der Waals surface area contributed by atoms with Gasteiger partial charge in [0, 0.05) is 30.7 Å². The zero-order chi connectivity index (χ0) is 22.4. The third kappa shape index (κ3) is 5.53. The van der Waals surface area contributed by atoms with E-state index >= 15 is 0 Å². The zero-order valence-electron chi connectivity index (χ0n) is 16.9. The zero-order valence-corrected chi connectivity index (χ0v) is 17.7. The van der Waals surface area contributed by atoms with E-state index in [1.54, 1.807) is 28.8 Å². The number of carboxylic acid groups (broad SMARTS) is 1. The fraction of sp³-hybridized carbons (Fsp3) is 0.333. The average molecular weight is 447 g/mol. The van der Waals surface area contributed by atoms with E-state index in [0.717, 1.165) is 37.2 Å². The highest BCUT2D eigenvalue weighted by Gasteiger charge is 2.24. The molecule has 8 nitrogen and oxygen atoms in total. The largest absolute Gasteiger partial charge is 0.483 e. The van der Waals surface area contributed by atoms with E-state index < -0.39 is 11.8 Å². The van der Waals surface area contributed by atoms with Gasteiger partial charge in [0.2, 0.25) is 0 Å². The first kappa shape index (κ1) is 22.6. The lowest BCUT2D eigenvalue weighted by Gasteiger charge is -2.16. The van der Waals surface area contributed by atoms with Crippen molar-refractivity contribution in [2.24, 2.45) is 5.92 Å². The van der Waals surface area contributed by atoms with Gasteiger partial charge in [-0.3, -0.25) is 18.9 Å². The van der Waals surface area contributed by atoms with Crippen LogP contribution in [0.4, 0.5) is 4.39 Å². The van der Waals surface area contributed by atoms with Gasteiger partial charge in [-0.15, -0.1) is 11.3 Å². The maximum Gasteiger partial charge on any atom is 0.340 e. The number of benzene rings is 1. The Balaban J connectivity index is 0.000000858. The van der Waals surface area contributed by atoms with E-state index in [0.29, 0.717) is 17.4 Å². The van der Waals surface area contributed by atoms with Crippen LogP contribution in [0, 0.1) is 11.7 Å². The van der Waals surface area contributed by atoms with E-state index in [9.17, 15) is 14.0 Å². The number of aromatic nitrogens is 2. The molecule has 0 bridgehead atoms. The molecule has 1 aliphatic rings. The van der Waals surface area contributed by atoms with Crippen LogP contribution in [0.1, 0.15) is 28.0 Å². The molecular weight excluding hydrogens is 425 g/mol. The van der Waals surface area contributed by atoms with E-state index in [2.05, 4.69) is 14.6 Å². The minimum absolute atomic E-state index is 0.0243. The van der Waals surface area contributed by atoms with E-state index in [-0.39, 0.29) is 17.6 Å². The van der Waals surface area contributed by atoms with Crippen molar-refractivity contribution >= 4 is 28.7 Å². The molecule has 0 saturated carbocycles. The highest BCUT2D eigenvalue weighted by Crippen LogP contribution is 2.23. The summed E-state index contributed by atoms with van der Waals surface area (Å²) in [5.74, 6) is -0.818. The standard InChI is InChI=1S/C20H20FN3O3S.CH2O2/c1-27-19(26)16-9-13(2-3-17(16)21)8-14-4-5-23(11-14)12-15-10-18(25)24-6-7-28-20(24)22-15;2-1-3/h2-3,6-7,9-10,14H,4-5,8,11-12H2,1H3;1H,(H,2,3). The number of halogens is 1. The summed E-state index contributed by atoms with van der Waals surface area (Å²) >= 11 is 1.45. The number of hydrogen-bond acceptors (Lipinski definition) is 7. The summed E-state index contributed by atoms with van der Waals surface area (Å²) in [6.07, 6.45) is 3.50. The summed E-state index contributed by atoms with van der Waals surface area (Å²) in [7, 11) is 1.25. The lowest BCUT2D eigenvalue weighted by atomic mass is 9.97. The number of thiazole rings is 1. The number of rotatable bonds is 5. The minimum atomic E-state index is -0.659. The van der Waals surface area contributed by atoms with Gasteiger partial charge in [0.05, 0.1) is 18.4 Å². The topological polar surface area (TPSA) is 101 Å². The van der Waals surface area contributed by atoms with Crippen LogP contribution in [-0.4, -0.2) is 52.0 Å². The van der Waals surface area contributed by atoms with Crippen molar-refractivity contribution in [3.8, 4) is 0 Å².